The van der Waals surface area contributed by atoms with Gasteiger partial charge in [0.1, 0.15) is 17.1 Å². The van der Waals surface area contributed by atoms with Crippen LogP contribution >= 0.6 is 0 Å². The SMILES string of the molecule is COc1ccc2oc(CN[C@@H]3CCCN(c4ncc[nH]c4=O)C3)cc2c1. The summed E-state index contributed by atoms with van der Waals surface area (Å²) in [6, 6.07) is 8.11. The number of furan rings is 1. The molecule has 1 aromatic carbocycles. The number of H-pyrrole nitrogens is 1. The monoisotopic (exact) mass is 354 g/mol. The molecule has 1 saturated heterocycles. The summed E-state index contributed by atoms with van der Waals surface area (Å²) in [7, 11) is 1.66. The molecule has 0 aliphatic carbocycles. The third-order valence-electron chi connectivity index (χ3n) is 4.75. The van der Waals surface area contributed by atoms with Crippen molar-refractivity contribution in [2.24, 2.45) is 0 Å². The molecule has 0 spiro atoms. The minimum absolute atomic E-state index is 0.139. The van der Waals surface area contributed by atoms with E-state index in [4.69, 9.17) is 9.15 Å². The van der Waals surface area contributed by atoms with Gasteiger partial charge in [0.05, 0.1) is 13.7 Å². The van der Waals surface area contributed by atoms with Crippen molar-refractivity contribution in [3.8, 4) is 5.75 Å². The van der Waals surface area contributed by atoms with Crippen LogP contribution in [-0.2, 0) is 6.54 Å². The molecule has 3 aromatic rings. The number of piperidine rings is 1. The summed E-state index contributed by atoms with van der Waals surface area (Å²) in [4.78, 5) is 20.9. The number of methoxy groups -OCH3 is 1. The van der Waals surface area contributed by atoms with Gasteiger partial charge in [-0.25, -0.2) is 4.98 Å². The van der Waals surface area contributed by atoms with Crippen molar-refractivity contribution in [1.29, 1.82) is 0 Å². The van der Waals surface area contributed by atoms with E-state index in [1.54, 1.807) is 19.5 Å². The van der Waals surface area contributed by atoms with Crippen LogP contribution in [0.2, 0.25) is 0 Å². The molecular weight excluding hydrogens is 332 g/mol. The van der Waals surface area contributed by atoms with E-state index in [-0.39, 0.29) is 11.6 Å². The molecule has 1 fully saturated rings. The maximum atomic E-state index is 12.0. The molecule has 1 atom stereocenters. The Kier molecular flexibility index (Phi) is 4.62. The topological polar surface area (TPSA) is 83.4 Å². The van der Waals surface area contributed by atoms with Crippen LogP contribution in [0.4, 0.5) is 5.82 Å². The van der Waals surface area contributed by atoms with Crippen molar-refractivity contribution in [3.05, 3.63) is 52.8 Å². The summed E-state index contributed by atoms with van der Waals surface area (Å²) in [6.07, 6.45) is 5.26. The average Bonchev–Trinajstić information content (AvgIpc) is 3.09. The predicted molar refractivity (Wildman–Crippen MR) is 99.7 cm³/mol. The second kappa shape index (κ2) is 7.21. The van der Waals surface area contributed by atoms with E-state index < -0.39 is 0 Å². The molecule has 136 valence electrons. The van der Waals surface area contributed by atoms with E-state index in [9.17, 15) is 4.79 Å². The number of anilines is 1. The summed E-state index contributed by atoms with van der Waals surface area (Å²) >= 11 is 0. The average molecular weight is 354 g/mol. The van der Waals surface area contributed by atoms with Gasteiger partial charge in [-0.05, 0) is 37.1 Å². The zero-order valence-corrected chi connectivity index (χ0v) is 14.7. The number of aromatic nitrogens is 2. The highest BCUT2D eigenvalue weighted by molar-refractivity contribution is 5.79. The quantitative estimate of drug-likeness (QED) is 0.731. The summed E-state index contributed by atoms with van der Waals surface area (Å²) in [5, 5.41) is 4.57. The lowest BCUT2D eigenvalue weighted by Crippen LogP contribution is -2.47. The molecule has 7 nitrogen and oxygen atoms in total. The Morgan fingerprint density at radius 3 is 3.19 bits per heavy atom. The molecule has 2 N–H and O–H groups in total. The lowest BCUT2D eigenvalue weighted by molar-refractivity contribution is 0.399. The van der Waals surface area contributed by atoms with Gasteiger partial charge in [0, 0.05) is 36.9 Å². The summed E-state index contributed by atoms with van der Waals surface area (Å²) < 4.78 is 11.1. The number of nitrogens with one attached hydrogen (secondary N) is 2. The second-order valence-electron chi connectivity index (χ2n) is 6.52. The molecular formula is C19H22N4O3. The normalized spacial score (nSPS) is 17.6. The highest BCUT2D eigenvalue weighted by Crippen LogP contribution is 2.24. The van der Waals surface area contributed by atoms with Gasteiger partial charge in [-0.15, -0.1) is 0 Å². The summed E-state index contributed by atoms with van der Waals surface area (Å²) in [6.45, 7) is 2.25. The summed E-state index contributed by atoms with van der Waals surface area (Å²) in [5.41, 5.74) is 0.715. The molecule has 0 unspecified atom stereocenters. The third-order valence-corrected chi connectivity index (χ3v) is 4.75. The van der Waals surface area contributed by atoms with Gasteiger partial charge in [-0.2, -0.15) is 0 Å². The van der Waals surface area contributed by atoms with Gasteiger partial charge in [0.15, 0.2) is 5.82 Å². The number of fused-ring (bicyclic) bond motifs is 1. The first-order valence-electron chi connectivity index (χ1n) is 8.81. The lowest BCUT2D eigenvalue weighted by atomic mass is 10.1. The minimum atomic E-state index is -0.139. The molecule has 7 heteroatoms. The van der Waals surface area contributed by atoms with Crippen LogP contribution in [0.15, 0.2) is 45.9 Å². The Balaban J connectivity index is 1.41. The van der Waals surface area contributed by atoms with Crippen LogP contribution in [0, 0.1) is 0 Å². The van der Waals surface area contributed by atoms with E-state index in [2.05, 4.69) is 15.3 Å². The maximum Gasteiger partial charge on any atom is 0.290 e. The van der Waals surface area contributed by atoms with Gasteiger partial charge < -0.3 is 24.4 Å². The van der Waals surface area contributed by atoms with Crippen LogP contribution in [-0.4, -0.2) is 36.2 Å². The Hall–Kier alpha value is -2.80. The van der Waals surface area contributed by atoms with Crippen molar-refractivity contribution in [2.75, 3.05) is 25.1 Å². The molecule has 3 heterocycles. The molecule has 1 aliphatic heterocycles. The van der Waals surface area contributed by atoms with Crippen LogP contribution in [0.25, 0.3) is 11.0 Å². The van der Waals surface area contributed by atoms with Gasteiger partial charge >= 0.3 is 0 Å². The zero-order valence-electron chi connectivity index (χ0n) is 14.7. The zero-order chi connectivity index (χ0) is 17.9. The number of benzene rings is 1. The first kappa shape index (κ1) is 16.7. The first-order valence-corrected chi connectivity index (χ1v) is 8.81. The standard InChI is InChI=1S/C19H22N4O3/c1-25-15-4-5-17-13(9-15)10-16(26-17)11-22-14-3-2-8-23(12-14)18-19(24)21-7-6-20-18/h4-7,9-10,14,22H,2-3,8,11-12H2,1H3,(H,21,24)/t14-/m1/s1. The molecule has 26 heavy (non-hydrogen) atoms. The van der Waals surface area contributed by atoms with Gasteiger partial charge in [-0.1, -0.05) is 0 Å². The Labute approximate surface area is 151 Å². The number of hydrogen-bond donors (Lipinski definition) is 2. The Morgan fingerprint density at radius 2 is 2.35 bits per heavy atom. The van der Waals surface area contributed by atoms with E-state index >= 15 is 0 Å². The fraction of sp³-hybridized carbons (Fsp3) is 0.368. The largest absolute Gasteiger partial charge is 0.497 e. The highest BCUT2D eigenvalue weighted by atomic mass is 16.5. The van der Waals surface area contributed by atoms with Gasteiger partial charge in [0.25, 0.3) is 5.56 Å². The predicted octanol–water partition coefficient (Wildman–Crippen LogP) is 2.28. The van der Waals surface area contributed by atoms with E-state index in [1.165, 1.54) is 0 Å². The van der Waals surface area contributed by atoms with Crippen molar-refractivity contribution >= 4 is 16.8 Å². The van der Waals surface area contributed by atoms with E-state index in [1.807, 2.05) is 29.2 Å². The molecule has 2 aromatic heterocycles. The molecule has 0 radical (unpaired) electrons. The maximum absolute atomic E-state index is 12.0. The molecule has 0 bridgehead atoms. The molecule has 0 saturated carbocycles. The molecule has 1 aliphatic rings. The first-order chi connectivity index (χ1) is 12.7. The highest BCUT2D eigenvalue weighted by Gasteiger charge is 2.22. The molecule has 4 rings (SSSR count). The summed E-state index contributed by atoms with van der Waals surface area (Å²) in [5.74, 6) is 2.21. The number of aromatic amines is 1. The third kappa shape index (κ3) is 3.43. The second-order valence-corrected chi connectivity index (χ2v) is 6.52. The smallest absolute Gasteiger partial charge is 0.290 e. The van der Waals surface area contributed by atoms with Crippen molar-refractivity contribution in [3.63, 3.8) is 0 Å². The Bertz CT molecular complexity index is 949. The number of hydrogen-bond acceptors (Lipinski definition) is 6. The number of rotatable bonds is 5. The van der Waals surface area contributed by atoms with Crippen LogP contribution in [0.1, 0.15) is 18.6 Å². The van der Waals surface area contributed by atoms with Gasteiger partial charge in [-0.3, -0.25) is 4.79 Å². The lowest BCUT2D eigenvalue weighted by Gasteiger charge is -2.33. The number of nitrogens with zero attached hydrogens (tertiary/aromatic N) is 2. The van der Waals surface area contributed by atoms with E-state index in [0.717, 1.165) is 48.4 Å². The van der Waals surface area contributed by atoms with Crippen molar-refractivity contribution in [1.82, 2.24) is 15.3 Å². The van der Waals surface area contributed by atoms with Crippen LogP contribution in [0.3, 0.4) is 0 Å². The minimum Gasteiger partial charge on any atom is -0.497 e. The fourth-order valence-corrected chi connectivity index (χ4v) is 3.44. The van der Waals surface area contributed by atoms with Crippen LogP contribution in [0.5, 0.6) is 5.75 Å². The van der Waals surface area contributed by atoms with Crippen LogP contribution < -0.4 is 20.5 Å². The van der Waals surface area contributed by atoms with E-state index in [0.29, 0.717) is 12.4 Å². The van der Waals surface area contributed by atoms with Crippen molar-refractivity contribution < 1.29 is 9.15 Å². The van der Waals surface area contributed by atoms with Crippen molar-refractivity contribution in [2.45, 2.75) is 25.4 Å². The Morgan fingerprint density at radius 1 is 1.42 bits per heavy atom. The fourth-order valence-electron chi connectivity index (χ4n) is 3.44. The van der Waals surface area contributed by atoms with Gasteiger partial charge in [0.2, 0.25) is 0 Å². The molecule has 0 amide bonds. The number of ether oxygens (including phenoxy) is 1.